The second kappa shape index (κ2) is 9.41. The Bertz CT molecular complexity index is 255. The first-order valence-corrected chi connectivity index (χ1v) is 6.00. The van der Waals surface area contributed by atoms with Gasteiger partial charge in [-0.15, -0.1) is 0 Å². The van der Waals surface area contributed by atoms with Crippen molar-refractivity contribution in [3.8, 4) is 0 Å². The van der Waals surface area contributed by atoms with Crippen molar-refractivity contribution < 1.29 is 4.74 Å². The molecule has 0 fully saturated rings. The normalized spacial score (nSPS) is 11.4. The summed E-state index contributed by atoms with van der Waals surface area (Å²) in [5, 5.41) is 0. The van der Waals surface area contributed by atoms with Gasteiger partial charge in [0.15, 0.2) is 0 Å². The molecule has 1 heteroatoms. The highest BCUT2D eigenvalue weighted by Crippen LogP contribution is 2.10. The van der Waals surface area contributed by atoms with Gasteiger partial charge in [-0.2, -0.15) is 0 Å². The van der Waals surface area contributed by atoms with Crippen LogP contribution in [0.25, 0.3) is 0 Å². The van der Waals surface area contributed by atoms with Crippen LogP contribution in [0, 0.1) is 0 Å². The summed E-state index contributed by atoms with van der Waals surface area (Å²) in [5.74, 6) is 0. The van der Waals surface area contributed by atoms with Gasteiger partial charge in [0.1, 0.15) is 0 Å². The maximum atomic E-state index is 5.02. The van der Waals surface area contributed by atoms with Crippen LogP contribution in [0.5, 0.6) is 0 Å². The van der Waals surface area contributed by atoms with Gasteiger partial charge in [0.25, 0.3) is 0 Å². The van der Waals surface area contributed by atoms with Gasteiger partial charge in [-0.1, -0.05) is 35.5 Å². The molecule has 0 radical (unpaired) electrons. The first-order valence-electron chi connectivity index (χ1n) is 6.00. The molecule has 0 spiro atoms. The van der Waals surface area contributed by atoms with Gasteiger partial charge >= 0.3 is 0 Å². The van der Waals surface area contributed by atoms with Gasteiger partial charge in [-0.05, 0) is 46.5 Å². The van der Waals surface area contributed by atoms with Crippen molar-refractivity contribution in [1.82, 2.24) is 0 Å². The van der Waals surface area contributed by atoms with E-state index in [2.05, 4.69) is 39.5 Å². The molecule has 16 heavy (non-hydrogen) atoms. The Hall–Kier alpha value is -0.820. The van der Waals surface area contributed by atoms with E-state index in [1.54, 1.807) is 7.11 Å². The van der Waals surface area contributed by atoms with E-state index >= 15 is 0 Å². The zero-order valence-corrected chi connectivity index (χ0v) is 11.3. The van der Waals surface area contributed by atoms with Crippen molar-refractivity contribution in [2.24, 2.45) is 0 Å². The number of allylic oxidation sites excluding steroid dienone is 4. The predicted molar refractivity (Wildman–Crippen MR) is 72.7 cm³/mol. The zero-order valence-electron chi connectivity index (χ0n) is 11.3. The second-order valence-corrected chi connectivity index (χ2v) is 4.59. The summed E-state index contributed by atoms with van der Waals surface area (Å²) in [6.07, 6.45) is 9.06. The second-order valence-electron chi connectivity index (χ2n) is 4.59. The van der Waals surface area contributed by atoms with Crippen LogP contribution >= 0.6 is 0 Å². The van der Waals surface area contributed by atoms with E-state index in [0.717, 1.165) is 19.3 Å². The van der Waals surface area contributed by atoms with E-state index < -0.39 is 0 Å². The minimum Gasteiger partial charge on any atom is -0.380 e. The van der Waals surface area contributed by atoms with E-state index in [1.807, 2.05) is 0 Å². The van der Waals surface area contributed by atoms with Crippen molar-refractivity contribution in [1.29, 1.82) is 0 Å². The number of rotatable bonds is 8. The Kier molecular flexibility index (Phi) is 8.93. The SMILES string of the molecule is C=C(CC/C=C(\C)CCC=C(C)C)COC. The minimum atomic E-state index is 0.685. The number of ether oxygens (including phenoxy) is 1. The fourth-order valence-corrected chi connectivity index (χ4v) is 1.49. The fraction of sp³-hybridized carbons (Fsp3) is 0.600. The predicted octanol–water partition coefficient (Wildman–Crippen LogP) is 4.66. The van der Waals surface area contributed by atoms with Crippen LogP contribution in [0.4, 0.5) is 0 Å². The first kappa shape index (κ1) is 15.2. The molecular weight excluding hydrogens is 196 g/mol. The molecule has 0 saturated carbocycles. The van der Waals surface area contributed by atoms with Crippen LogP contribution in [-0.2, 0) is 4.74 Å². The molecule has 0 aromatic carbocycles. The van der Waals surface area contributed by atoms with Crippen LogP contribution < -0.4 is 0 Å². The quantitative estimate of drug-likeness (QED) is 0.543. The molecule has 0 aliphatic carbocycles. The van der Waals surface area contributed by atoms with Gasteiger partial charge in [0, 0.05) is 7.11 Å². The van der Waals surface area contributed by atoms with E-state index in [0.29, 0.717) is 6.61 Å². The summed E-state index contributed by atoms with van der Waals surface area (Å²) in [7, 11) is 1.71. The fourth-order valence-electron chi connectivity index (χ4n) is 1.49. The average molecular weight is 222 g/mol. The van der Waals surface area contributed by atoms with Crippen LogP contribution in [0.15, 0.2) is 35.5 Å². The third kappa shape index (κ3) is 9.72. The highest BCUT2D eigenvalue weighted by atomic mass is 16.5. The topological polar surface area (TPSA) is 9.23 Å². The Morgan fingerprint density at radius 2 is 1.69 bits per heavy atom. The molecule has 0 amide bonds. The summed E-state index contributed by atoms with van der Waals surface area (Å²) < 4.78 is 5.02. The molecule has 0 saturated heterocycles. The zero-order chi connectivity index (χ0) is 12.4. The Labute approximate surface area is 101 Å². The van der Waals surface area contributed by atoms with Crippen molar-refractivity contribution in [2.45, 2.75) is 46.5 Å². The van der Waals surface area contributed by atoms with Crippen molar-refractivity contribution in [2.75, 3.05) is 13.7 Å². The molecule has 0 bridgehead atoms. The van der Waals surface area contributed by atoms with Crippen molar-refractivity contribution in [3.63, 3.8) is 0 Å². The molecule has 0 aliphatic rings. The van der Waals surface area contributed by atoms with Crippen LogP contribution in [0.2, 0.25) is 0 Å². The van der Waals surface area contributed by atoms with E-state index in [-0.39, 0.29) is 0 Å². The molecule has 0 aromatic rings. The van der Waals surface area contributed by atoms with E-state index in [9.17, 15) is 0 Å². The highest BCUT2D eigenvalue weighted by molar-refractivity contribution is 5.04. The van der Waals surface area contributed by atoms with E-state index in [1.165, 1.54) is 23.1 Å². The molecule has 0 heterocycles. The lowest BCUT2D eigenvalue weighted by molar-refractivity contribution is 0.223. The largest absolute Gasteiger partial charge is 0.380 e. The smallest absolute Gasteiger partial charge is 0.0670 e. The van der Waals surface area contributed by atoms with Crippen molar-refractivity contribution in [3.05, 3.63) is 35.5 Å². The van der Waals surface area contributed by atoms with Crippen LogP contribution in [0.3, 0.4) is 0 Å². The molecule has 0 rings (SSSR count). The van der Waals surface area contributed by atoms with Crippen LogP contribution in [-0.4, -0.2) is 13.7 Å². The molecule has 0 aromatic heterocycles. The summed E-state index contributed by atoms with van der Waals surface area (Å²) in [6.45, 7) is 11.1. The van der Waals surface area contributed by atoms with Gasteiger partial charge in [0.2, 0.25) is 0 Å². The van der Waals surface area contributed by atoms with Crippen LogP contribution in [0.1, 0.15) is 46.5 Å². The monoisotopic (exact) mass is 222 g/mol. The van der Waals surface area contributed by atoms with Gasteiger partial charge in [0.05, 0.1) is 6.61 Å². The Morgan fingerprint density at radius 1 is 1.06 bits per heavy atom. The third-order valence-electron chi connectivity index (χ3n) is 2.43. The standard InChI is InChI=1S/C15H26O/c1-13(2)8-6-9-14(3)10-7-11-15(4)12-16-5/h8,10H,4,6-7,9,11-12H2,1-3,5H3/b14-10+. The lowest BCUT2D eigenvalue weighted by atomic mass is 10.1. The lowest BCUT2D eigenvalue weighted by Gasteiger charge is -2.03. The summed E-state index contributed by atoms with van der Waals surface area (Å²) in [6, 6.07) is 0. The number of hydrogen-bond donors (Lipinski definition) is 0. The molecule has 0 N–H and O–H groups in total. The van der Waals surface area contributed by atoms with Crippen molar-refractivity contribution >= 4 is 0 Å². The summed E-state index contributed by atoms with van der Waals surface area (Å²) >= 11 is 0. The Morgan fingerprint density at radius 3 is 2.25 bits per heavy atom. The molecule has 0 atom stereocenters. The minimum absolute atomic E-state index is 0.685. The first-order chi connectivity index (χ1) is 7.56. The molecule has 0 aliphatic heterocycles. The highest BCUT2D eigenvalue weighted by Gasteiger charge is 1.93. The van der Waals surface area contributed by atoms with Gasteiger partial charge < -0.3 is 4.74 Å². The van der Waals surface area contributed by atoms with E-state index in [4.69, 9.17) is 4.74 Å². The average Bonchev–Trinajstić information content (AvgIpc) is 2.17. The van der Waals surface area contributed by atoms with Gasteiger partial charge in [-0.25, -0.2) is 0 Å². The molecule has 92 valence electrons. The lowest BCUT2D eigenvalue weighted by Crippen LogP contribution is -1.92. The summed E-state index contributed by atoms with van der Waals surface area (Å²) in [5.41, 5.74) is 4.06. The maximum absolute atomic E-state index is 5.02. The molecular formula is C15H26O. The third-order valence-corrected chi connectivity index (χ3v) is 2.43. The maximum Gasteiger partial charge on any atom is 0.0670 e. The van der Waals surface area contributed by atoms with Gasteiger partial charge in [-0.3, -0.25) is 0 Å². The number of methoxy groups -OCH3 is 1. The Balaban J connectivity index is 3.70. The molecule has 0 unspecified atom stereocenters. The summed E-state index contributed by atoms with van der Waals surface area (Å²) in [4.78, 5) is 0. The molecule has 1 nitrogen and oxygen atoms in total. The number of hydrogen-bond acceptors (Lipinski definition) is 1.